The van der Waals surface area contributed by atoms with Crippen molar-refractivity contribution in [1.29, 1.82) is 0 Å². The standard InChI is InChI=1S/C11H15N5O3S/c1-16(2)20(17,18)8-3-4-10(9(12)5-8)13-6-11-14-7-19-15-11/h3-5,7,13H,6,12H2,1-2H3. The van der Waals surface area contributed by atoms with Crippen molar-refractivity contribution in [2.75, 3.05) is 25.1 Å². The lowest BCUT2D eigenvalue weighted by Crippen LogP contribution is -2.22. The number of nitrogen functional groups attached to an aromatic ring is 1. The van der Waals surface area contributed by atoms with Gasteiger partial charge in [-0.25, -0.2) is 12.7 Å². The van der Waals surface area contributed by atoms with Gasteiger partial charge in [0.2, 0.25) is 16.4 Å². The molecule has 8 nitrogen and oxygen atoms in total. The van der Waals surface area contributed by atoms with Crippen LogP contribution in [-0.2, 0) is 16.6 Å². The maximum absolute atomic E-state index is 12.0. The van der Waals surface area contributed by atoms with Crippen molar-refractivity contribution >= 4 is 21.4 Å². The average Bonchev–Trinajstić information content (AvgIpc) is 2.90. The maximum atomic E-state index is 12.0. The third-order valence-electron chi connectivity index (χ3n) is 2.65. The zero-order valence-corrected chi connectivity index (χ0v) is 11.9. The Kier molecular flexibility index (Phi) is 3.91. The van der Waals surface area contributed by atoms with Gasteiger partial charge in [-0.3, -0.25) is 0 Å². The Hall–Kier alpha value is -2.13. The molecule has 3 N–H and O–H groups in total. The predicted octanol–water partition coefficient (Wildman–Crippen LogP) is 0.514. The molecule has 1 aromatic heterocycles. The number of nitrogens with zero attached hydrogens (tertiary/aromatic N) is 3. The number of nitrogens with one attached hydrogen (secondary N) is 1. The summed E-state index contributed by atoms with van der Waals surface area (Å²) < 4.78 is 29.7. The van der Waals surface area contributed by atoms with Crippen molar-refractivity contribution < 1.29 is 12.9 Å². The smallest absolute Gasteiger partial charge is 0.242 e. The van der Waals surface area contributed by atoms with E-state index in [1.807, 2.05) is 0 Å². The normalized spacial score (nSPS) is 11.8. The molecular formula is C11H15N5O3S. The van der Waals surface area contributed by atoms with E-state index in [0.29, 0.717) is 23.7 Å². The molecule has 9 heteroatoms. The lowest BCUT2D eigenvalue weighted by Gasteiger charge is -2.13. The minimum absolute atomic E-state index is 0.144. The number of rotatable bonds is 5. The van der Waals surface area contributed by atoms with Crippen molar-refractivity contribution in [3.8, 4) is 0 Å². The van der Waals surface area contributed by atoms with Crippen LogP contribution in [0.25, 0.3) is 0 Å². The van der Waals surface area contributed by atoms with Crippen LogP contribution in [0.1, 0.15) is 5.82 Å². The molecule has 0 bridgehead atoms. The number of hydrogen-bond acceptors (Lipinski definition) is 7. The van der Waals surface area contributed by atoms with Gasteiger partial charge in [-0.1, -0.05) is 5.16 Å². The molecule has 1 aromatic carbocycles. The van der Waals surface area contributed by atoms with E-state index in [1.165, 1.54) is 32.6 Å². The molecule has 20 heavy (non-hydrogen) atoms. The van der Waals surface area contributed by atoms with Gasteiger partial charge in [0.15, 0.2) is 5.82 Å². The fraction of sp³-hybridized carbons (Fsp3) is 0.273. The Labute approximate surface area is 116 Å². The molecule has 1 heterocycles. The molecule has 0 amide bonds. The van der Waals surface area contributed by atoms with E-state index in [1.54, 1.807) is 6.07 Å². The summed E-state index contributed by atoms with van der Waals surface area (Å²) in [6.07, 6.45) is 1.23. The van der Waals surface area contributed by atoms with E-state index in [4.69, 9.17) is 5.73 Å². The highest BCUT2D eigenvalue weighted by atomic mass is 32.2. The van der Waals surface area contributed by atoms with E-state index in [9.17, 15) is 8.42 Å². The number of benzene rings is 1. The summed E-state index contributed by atoms with van der Waals surface area (Å²) in [4.78, 5) is 4.00. The predicted molar refractivity (Wildman–Crippen MR) is 73.4 cm³/mol. The van der Waals surface area contributed by atoms with Crippen LogP contribution in [0.5, 0.6) is 0 Å². The first-order valence-electron chi connectivity index (χ1n) is 5.72. The van der Waals surface area contributed by atoms with Crippen LogP contribution in [0.3, 0.4) is 0 Å². The Morgan fingerprint density at radius 3 is 2.70 bits per heavy atom. The fourth-order valence-corrected chi connectivity index (χ4v) is 2.46. The van der Waals surface area contributed by atoms with E-state index in [0.717, 1.165) is 4.31 Å². The molecule has 2 rings (SSSR count). The molecule has 2 aromatic rings. The highest BCUT2D eigenvalue weighted by Crippen LogP contribution is 2.24. The second-order valence-electron chi connectivity index (χ2n) is 4.24. The SMILES string of the molecule is CN(C)S(=O)(=O)c1ccc(NCc2ncon2)c(N)c1. The molecular weight excluding hydrogens is 282 g/mol. The van der Waals surface area contributed by atoms with Gasteiger partial charge in [-0.05, 0) is 18.2 Å². The Bertz CT molecular complexity index is 682. The minimum atomic E-state index is -3.49. The first-order valence-corrected chi connectivity index (χ1v) is 7.16. The molecule has 108 valence electrons. The number of nitrogens with two attached hydrogens (primary N) is 1. The molecule has 0 aliphatic heterocycles. The van der Waals surface area contributed by atoms with E-state index >= 15 is 0 Å². The molecule has 0 saturated carbocycles. The zero-order chi connectivity index (χ0) is 14.8. The van der Waals surface area contributed by atoms with Crippen LogP contribution < -0.4 is 11.1 Å². The number of hydrogen-bond donors (Lipinski definition) is 2. The summed E-state index contributed by atoms with van der Waals surface area (Å²) in [7, 11) is -0.556. The number of aromatic nitrogens is 2. The van der Waals surface area contributed by atoms with E-state index in [-0.39, 0.29) is 4.90 Å². The number of anilines is 2. The van der Waals surface area contributed by atoms with Crippen LogP contribution in [-0.4, -0.2) is 37.0 Å². The summed E-state index contributed by atoms with van der Waals surface area (Å²) >= 11 is 0. The third-order valence-corrected chi connectivity index (χ3v) is 4.46. The van der Waals surface area contributed by atoms with Gasteiger partial charge in [0, 0.05) is 14.1 Å². The fourth-order valence-electron chi connectivity index (χ4n) is 1.52. The lowest BCUT2D eigenvalue weighted by molar-refractivity contribution is 0.411. The van der Waals surface area contributed by atoms with Crippen molar-refractivity contribution in [3.05, 3.63) is 30.4 Å². The van der Waals surface area contributed by atoms with Crippen molar-refractivity contribution in [3.63, 3.8) is 0 Å². The Balaban J connectivity index is 2.18. The molecule has 0 fully saturated rings. The second kappa shape index (κ2) is 5.47. The van der Waals surface area contributed by atoms with Gasteiger partial charge < -0.3 is 15.6 Å². The molecule has 0 saturated heterocycles. The third kappa shape index (κ3) is 2.89. The van der Waals surface area contributed by atoms with Crippen LogP contribution in [0.4, 0.5) is 11.4 Å². The summed E-state index contributed by atoms with van der Waals surface area (Å²) in [5.41, 5.74) is 6.78. The lowest BCUT2D eigenvalue weighted by atomic mass is 10.2. The van der Waals surface area contributed by atoms with Gasteiger partial charge in [0.05, 0.1) is 22.8 Å². The highest BCUT2D eigenvalue weighted by molar-refractivity contribution is 7.89. The van der Waals surface area contributed by atoms with Gasteiger partial charge in [0.25, 0.3) is 0 Å². The maximum Gasteiger partial charge on any atom is 0.242 e. The van der Waals surface area contributed by atoms with Crippen molar-refractivity contribution in [2.45, 2.75) is 11.4 Å². The minimum Gasteiger partial charge on any atom is -0.397 e. The summed E-state index contributed by atoms with van der Waals surface area (Å²) in [5, 5.41) is 6.65. The monoisotopic (exact) mass is 297 g/mol. The second-order valence-corrected chi connectivity index (χ2v) is 6.39. The van der Waals surface area contributed by atoms with Crippen molar-refractivity contribution in [1.82, 2.24) is 14.4 Å². The molecule has 0 atom stereocenters. The molecule has 0 radical (unpaired) electrons. The van der Waals surface area contributed by atoms with Gasteiger partial charge >= 0.3 is 0 Å². The molecule has 0 aliphatic rings. The van der Waals surface area contributed by atoms with Gasteiger partial charge in [-0.15, -0.1) is 0 Å². The zero-order valence-electron chi connectivity index (χ0n) is 11.1. The Morgan fingerprint density at radius 1 is 1.40 bits per heavy atom. The summed E-state index contributed by atoms with van der Waals surface area (Å²) in [6.45, 7) is 0.334. The van der Waals surface area contributed by atoms with Gasteiger partial charge in [0.1, 0.15) is 0 Å². The topological polar surface area (TPSA) is 114 Å². The highest BCUT2D eigenvalue weighted by Gasteiger charge is 2.18. The van der Waals surface area contributed by atoms with Crippen LogP contribution in [0.2, 0.25) is 0 Å². The van der Waals surface area contributed by atoms with Crippen LogP contribution >= 0.6 is 0 Å². The average molecular weight is 297 g/mol. The van der Waals surface area contributed by atoms with Crippen LogP contribution in [0.15, 0.2) is 34.0 Å². The van der Waals surface area contributed by atoms with Crippen molar-refractivity contribution in [2.24, 2.45) is 0 Å². The molecule has 0 aliphatic carbocycles. The van der Waals surface area contributed by atoms with E-state index < -0.39 is 10.0 Å². The quantitative estimate of drug-likeness (QED) is 0.773. The van der Waals surface area contributed by atoms with E-state index in [2.05, 4.69) is 20.0 Å². The van der Waals surface area contributed by atoms with Crippen LogP contribution in [0, 0.1) is 0 Å². The van der Waals surface area contributed by atoms with Gasteiger partial charge in [-0.2, -0.15) is 4.98 Å². The largest absolute Gasteiger partial charge is 0.397 e. The summed E-state index contributed by atoms with van der Waals surface area (Å²) in [6, 6.07) is 4.50. The molecule has 0 unspecified atom stereocenters. The first-order chi connectivity index (χ1) is 9.41. The Morgan fingerprint density at radius 2 is 2.15 bits per heavy atom. The summed E-state index contributed by atoms with van der Waals surface area (Å²) in [5.74, 6) is 0.481. The number of sulfonamides is 1. The molecule has 0 spiro atoms. The first kappa shape index (κ1) is 14.3.